The van der Waals surface area contributed by atoms with Gasteiger partial charge in [0.25, 0.3) is 5.91 Å². The van der Waals surface area contributed by atoms with Crippen LogP contribution in [-0.2, 0) is 23.9 Å². The van der Waals surface area contributed by atoms with Crippen LogP contribution in [0.2, 0.25) is 0 Å². The molecule has 1 aromatic carbocycles. The zero-order valence-corrected chi connectivity index (χ0v) is 20.3. The molecule has 0 aliphatic carbocycles. The highest BCUT2D eigenvalue weighted by Gasteiger charge is 2.32. The van der Waals surface area contributed by atoms with E-state index in [1.54, 1.807) is 19.2 Å². The van der Waals surface area contributed by atoms with Crippen LogP contribution >= 0.6 is 0 Å². The number of fused-ring (bicyclic) bond motifs is 1. The van der Waals surface area contributed by atoms with Crippen LogP contribution in [-0.4, -0.2) is 48.8 Å². The number of rotatable bonds is 5. The smallest absolute Gasteiger partial charge is 0.422 e. The highest BCUT2D eigenvalue weighted by Crippen LogP contribution is 2.30. The van der Waals surface area contributed by atoms with Gasteiger partial charge in [-0.25, -0.2) is 14.1 Å². The summed E-state index contributed by atoms with van der Waals surface area (Å²) >= 11 is 0. The number of hydrogen-bond donors (Lipinski definition) is 0. The minimum atomic E-state index is -4.58. The average Bonchev–Trinajstić information content (AvgIpc) is 3.39. The van der Waals surface area contributed by atoms with E-state index < -0.39 is 35.3 Å². The minimum Gasteiger partial charge on any atom is -0.483 e. The lowest BCUT2D eigenvalue weighted by Gasteiger charge is -2.19. The van der Waals surface area contributed by atoms with Crippen molar-refractivity contribution in [2.45, 2.75) is 44.9 Å². The van der Waals surface area contributed by atoms with Crippen molar-refractivity contribution in [3.05, 3.63) is 64.9 Å². The summed E-state index contributed by atoms with van der Waals surface area (Å²) in [7, 11) is -1.44. The molecule has 1 unspecified atom stereocenters. The highest BCUT2D eigenvalue weighted by molar-refractivity contribution is 7.84. The second-order valence-corrected chi connectivity index (χ2v) is 8.89. The number of aryl methyl sites for hydroxylation is 1. The molecule has 1 aliphatic rings. The zero-order chi connectivity index (χ0) is 25.9. The van der Waals surface area contributed by atoms with Gasteiger partial charge in [0.15, 0.2) is 12.4 Å². The van der Waals surface area contributed by atoms with Crippen LogP contribution in [0.4, 0.5) is 17.6 Å². The number of halogens is 4. The van der Waals surface area contributed by atoms with Crippen LogP contribution in [0.5, 0.6) is 5.75 Å². The summed E-state index contributed by atoms with van der Waals surface area (Å²) in [5.41, 5.74) is 1.60. The van der Waals surface area contributed by atoms with Gasteiger partial charge in [0.2, 0.25) is 0 Å². The van der Waals surface area contributed by atoms with Crippen molar-refractivity contribution < 1.29 is 31.3 Å². The molecular formula is C23H24F4N4O3S. The predicted octanol–water partition coefficient (Wildman–Crippen LogP) is 4.58. The van der Waals surface area contributed by atoms with Crippen LogP contribution in [0.15, 0.2) is 41.6 Å². The standard InChI is InChI=1S/C21H18F4N4O3S.C2H6/c1-12-5-19(26-7-16(12)22)29-9-13-8-28(10-17(13)27-29)20(30)15-6-14(33(2)31)3-4-18(15)32-11-21(23,24)25;1-2/h3-7,9H,8,10-11H2,1-2H3;1-2H3. The van der Waals surface area contributed by atoms with Gasteiger partial charge in [0.1, 0.15) is 11.6 Å². The number of carbonyl (C=O) groups is 1. The Morgan fingerprint density at radius 2 is 1.91 bits per heavy atom. The first-order valence-corrected chi connectivity index (χ1v) is 12.2. The van der Waals surface area contributed by atoms with Gasteiger partial charge in [0, 0.05) is 40.3 Å². The molecule has 1 atom stereocenters. The third-order valence-electron chi connectivity index (χ3n) is 5.04. The van der Waals surface area contributed by atoms with E-state index in [1.165, 1.54) is 34.0 Å². The second kappa shape index (κ2) is 10.5. The Kier molecular flexibility index (Phi) is 7.93. The molecule has 188 valence electrons. The van der Waals surface area contributed by atoms with Gasteiger partial charge in [-0.1, -0.05) is 13.8 Å². The molecule has 0 bridgehead atoms. The van der Waals surface area contributed by atoms with Crippen molar-refractivity contribution in [1.82, 2.24) is 19.7 Å². The molecular weight excluding hydrogens is 488 g/mol. The molecule has 0 spiro atoms. The minimum absolute atomic E-state index is 0.110. The topological polar surface area (TPSA) is 77.3 Å². The van der Waals surface area contributed by atoms with E-state index in [4.69, 9.17) is 4.74 Å². The lowest BCUT2D eigenvalue weighted by Crippen LogP contribution is -2.27. The lowest BCUT2D eigenvalue weighted by atomic mass is 10.1. The number of hydrogen-bond acceptors (Lipinski definition) is 5. The van der Waals surface area contributed by atoms with E-state index >= 15 is 0 Å². The van der Waals surface area contributed by atoms with Crippen LogP contribution in [0, 0.1) is 12.7 Å². The Balaban J connectivity index is 0.00000167. The Labute approximate surface area is 202 Å². The van der Waals surface area contributed by atoms with Crippen molar-refractivity contribution in [3.63, 3.8) is 0 Å². The van der Waals surface area contributed by atoms with Crippen LogP contribution in [0.3, 0.4) is 0 Å². The van der Waals surface area contributed by atoms with Gasteiger partial charge in [-0.15, -0.1) is 0 Å². The Hall–Kier alpha value is -3.28. The molecule has 12 heteroatoms. The van der Waals surface area contributed by atoms with Gasteiger partial charge in [-0.2, -0.15) is 18.3 Å². The van der Waals surface area contributed by atoms with Gasteiger partial charge < -0.3 is 9.64 Å². The molecule has 7 nitrogen and oxygen atoms in total. The van der Waals surface area contributed by atoms with E-state index in [9.17, 15) is 26.6 Å². The second-order valence-electron chi connectivity index (χ2n) is 7.51. The molecule has 3 aromatic rings. The first-order chi connectivity index (χ1) is 16.5. The summed E-state index contributed by atoms with van der Waals surface area (Å²) in [6, 6.07) is 5.40. The van der Waals surface area contributed by atoms with E-state index in [0.29, 0.717) is 17.1 Å². The summed E-state index contributed by atoms with van der Waals surface area (Å²) in [5.74, 6) is -0.831. The number of carbonyl (C=O) groups excluding carboxylic acids is 1. The molecule has 35 heavy (non-hydrogen) atoms. The molecule has 4 rings (SSSR count). The van der Waals surface area contributed by atoms with Crippen molar-refractivity contribution in [3.8, 4) is 11.6 Å². The maximum absolute atomic E-state index is 13.5. The summed E-state index contributed by atoms with van der Waals surface area (Å²) < 4.78 is 69.6. The van der Waals surface area contributed by atoms with E-state index in [2.05, 4.69) is 10.1 Å². The first-order valence-electron chi connectivity index (χ1n) is 10.7. The third-order valence-corrected chi connectivity index (χ3v) is 5.96. The maximum Gasteiger partial charge on any atom is 0.422 e. The van der Waals surface area contributed by atoms with E-state index in [0.717, 1.165) is 11.8 Å². The average molecular weight is 513 g/mol. The fraction of sp³-hybridized carbons (Fsp3) is 0.348. The quantitative estimate of drug-likeness (QED) is 0.468. The lowest BCUT2D eigenvalue weighted by molar-refractivity contribution is -0.153. The molecule has 0 saturated carbocycles. The number of amides is 1. The monoisotopic (exact) mass is 512 g/mol. The molecule has 0 radical (unpaired) electrons. The molecule has 1 amide bonds. The van der Waals surface area contributed by atoms with Gasteiger partial charge in [-0.3, -0.25) is 9.00 Å². The summed E-state index contributed by atoms with van der Waals surface area (Å²) in [6.07, 6.45) is -0.409. The SMILES string of the molecule is CC.Cc1cc(-n2cc3c(n2)CN(C(=O)c2cc(S(C)=O)ccc2OCC(F)(F)F)C3)ncc1F. The summed E-state index contributed by atoms with van der Waals surface area (Å²) in [6.45, 7) is 4.32. The first kappa shape index (κ1) is 26.3. The number of aromatic nitrogens is 3. The Morgan fingerprint density at radius 3 is 2.51 bits per heavy atom. The molecule has 1 aliphatic heterocycles. The normalized spacial score (nSPS) is 13.7. The van der Waals surface area contributed by atoms with Crippen LogP contribution < -0.4 is 4.74 Å². The third kappa shape index (κ3) is 6.05. The fourth-order valence-electron chi connectivity index (χ4n) is 3.37. The number of benzene rings is 1. The maximum atomic E-state index is 13.5. The van der Waals surface area contributed by atoms with Gasteiger partial charge >= 0.3 is 6.18 Å². The van der Waals surface area contributed by atoms with E-state index in [-0.39, 0.29) is 29.3 Å². The Morgan fingerprint density at radius 1 is 1.20 bits per heavy atom. The molecule has 2 aromatic heterocycles. The number of pyridine rings is 1. The van der Waals surface area contributed by atoms with E-state index in [1.807, 2.05) is 13.8 Å². The van der Waals surface area contributed by atoms with Gasteiger partial charge in [0.05, 0.1) is 24.0 Å². The molecule has 0 N–H and O–H groups in total. The van der Waals surface area contributed by atoms with Crippen LogP contribution in [0.25, 0.3) is 5.82 Å². The summed E-state index contributed by atoms with van der Waals surface area (Å²) in [5, 5.41) is 4.40. The van der Waals surface area contributed by atoms with Crippen molar-refractivity contribution >= 4 is 16.7 Å². The predicted molar refractivity (Wildman–Crippen MR) is 121 cm³/mol. The van der Waals surface area contributed by atoms with Crippen LogP contribution in [0.1, 0.15) is 41.0 Å². The molecule has 0 saturated heterocycles. The van der Waals surface area contributed by atoms with Crippen molar-refractivity contribution in [1.29, 1.82) is 0 Å². The molecule has 0 fully saturated rings. The number of ether oxygens (including phenoxy) is 1. The van der Waals surface area contributed by atoms with Crippen molar-refractivity contribution in [2.24, 2.45) is 0 Å². The summed E-state index contributed by atoms with van der Waals surface area (Å²) in [4.78, 5) is 18.9. The highest BCUT2D eigenvalue weighted by atomic mass is 32.2. The number of alkyl halides is 3. The van der Waals surface area contributed by atoms with Crippen molar-refractivity contribution in [2.75, 3.05) is 12.9 Å². The zero-order valence-electron chi connectivity index (χ0n) is 19.5. The number of nitrogens with zero attached hydrogens (tertiary/aromatic N) is 4. The Bertz CT molecular complexity index is 1240. The van der Waals surface area contributed by atoms with Gasteiger partial charge in [-0.05, 0) is 36.8 Å². The largest absolute Gasteiger partial charge is 0.483 e. The fourth-order valence-corrected chi connectivity index (χ4v) is 3.92. The molecule has 3 heterocycles.